The van der Waals surface area contributed by atoms with Crippen LogP contribution in [0.15, 0.2) is 34.3 Å². The van der Waals surface area contributed by atoms with Gasteiger partial charge in [0.15, 0.2) is 0 Å². The molecule has 1 aliphatic heterocycles. The summed E-state index contributed by atoms with van der Waals surface area (Å²) in [5.41, 5.74) is 2.33. The van der Waals surface area contributed by atoms with Crippen LogP contribution in [0, 0.1) is 6.92 Å². The van der Waals surface area contributed by atoms with Gasteiger partial charge in [-0.2, -0.15) is 0 Å². The topological polar surface area (TPSA) is 41.8 Å². The lowest BCUT2D eigenvalue weighted by Gasteiger charge is -2.11. The van der Waals surface area contributed by atoms with E-state index in [-0.39, 0.29) is 5.92 Å². The van der Waals surface area contributed by atoms with Gasteiger partial charge >= 0.3 is 6.03 Å². The SMILES string of the molecule is Cc1ccccc1C1C=NC(=O)N=C1. The predicted molar refractivity (Wildman–Crippen MR) is 56.3 cm³/mol. The van der Waals surface area contributed by atoms with Gasteiger partial charge in [-0.25, -0.2) is 14.8 Å². The van der Waals surface area contributed by atoms with E-state index in [0.717, 1.165) is 5.56 Å². The van der Waals surface area contributed by atoms with E-state index in [2.05, 4.69) is 9.98 Å². The summed E-state index contributed by atoms with van der Waals surface area (Å²) >= 11 is 0. The lowest BCUT2D eigenvalue weighted by Crippen LogP contribution is -2.09. The van der Waals surface area contributed by atoms with Crippen molar-refractivity contribution in [2.45, 2.75) is 12.8 Å². The third-order valence-corrected chi connectivity index (χ3v) is 2.24. The summed E-state index contributed by atoms with van der Waals surface area (Å²) in [6, 6.07) is 7.60. The van der Waals surface area contributed by atoms with E-state index < -0.39 is 6.03 Å². The molecule has 0 fully saturated rings. The van der Waals surface area contributed by atoms with Crippen molar-refractivity contribution in [3.8, 4) is 0 Å². The molecule has 0 saturated carbocycles. The number of rotatable bonds is 1. The number of nitrogens with zero attached hydrogens (tertiary/aromatic N) is 2. The molecular formula is C11H10N2O. The molecule has 2 rings (SSSR count). The minimum absolute atomic E-state index is 0.0360. The molecule has 0 radical (unpaired) electrons. The number of carbonyl (C=O) groups excluding carboxylic acids is 1. The lowest BCUT2D eigenvalue weighted by molar-refractivity contribution is 0.257. The zero-order valence-corrected chi connectivity index (χ0v) is 7.84. The van der Waals surface area contributed by atoms with Crippen molar-refractivity contribution in [3.63, 3.8) is 0 Å². The summed E-state index contributed by atoms with van der Waals surface area (Å²) in [5, 5.41) is 0. The van der Waals surface area contributed by atoms with Crippen LogP contribution in [0.4, 0.5) is 4.79 Å². The molecular weight excluding hydrogens is 176 g/mol. The predicted octanol–water partition coefficient (Wildman–Crippen LogP) is 2.35. The highest BCUT2D eigenvalue weighted by Crippen LogP contribution is 2.18. The Balaban J connectivity index is 2.33. The fourth-order valence-electron chi connectivity index (χ4n) is 1.48. The number of hydrogen-bond acceptors (Lipinski definition) is 1. The van der Waals surface area contributed by atoms with Crippen LogP contribution in [0.3, 0.4) is 0 Å². The van der Waals surface area contributed by atoms with Crippen molar-refractivity contribution in [1.29, 1.82) is 0 Å². The second kappa shape index (κ2) is 3.54. The van der Waals surface area contributed by atoms with Crippen LogP contribution in [0.2, 0.25) is 0 Å². The second-order valence-corrected chi connectivity index (χ2v) is 3.22. The van der Waals surface area contributed by atoms with E-state index in [1.807, 2.05) is 31.2 Å². The molecule has 1 aromatic carbocycles. The molecule has 14 heavy (non-hydrogen) atoms. The molecule has 0 spiro atoms. The van der Waals surface area contributed by atoms with Gasteiger partial charge in [0.2, 0.25) is 0 Å². The van der Waals surface area contributed by atoms with Gasteiger partial charge in [-0.1, -0.05) is 24.3 Å². The molecule has 1 heterocycles. The average molecular weight is 186 g/mol. The Morgan fingerprint density at radius 3 is 2.43 bits per heavy atom. The summed E-state index contributed by atoms with van der Waals surface area (Å²) < 4.78 is 0. The van der Waals surface area contributed by atoms with Crippen molar-refractivity contribution in [3.05, 3.63) is 35.4 Å². The summed E-state index contributed by atoms with van der Waals surface area (Å²) in [6.45, 7) is 2.04. The van der Waals surface area contributed by atoms with Gasteiger partial charge in [-0.15, -0.1) is 0 Å². The third-order valence-electron chi connectivity index (χ3n) is 2.24. The van der Waals surface area contributed by atoms with Gasteiger partial charge < -0.3 is 0 Å². The maximum absolute atomic E-state index is 10.7. The van der Waals surface area contributed by atoms with Crippen molar-refractivity contribution >= 4 is 18.5 Å². The van der Waals surface area contributed by atoms with Gasteiger partial charge in [0.05, 0.1) is 5.92 Å². The number of aliphatic imine (C=N–C) groups is 2. The molecule has 0 N–H and O–H groups in total. The molecule has 0 bridgehead atoms. The molecule has 0 aliphatic carbocycles. The Hall–Kier alpha value is -1.77. The Bertz CT molecular complexity index is 405. The van der Waals surface area contributed by atoms with E-state index in [1.54, 1.807) is 12.4 Å². The van der Waals surface area contributed by atoms with Gasteiger partial charge in [0.1, 0.15) is 0 Å². The molecule has 3 nitrogen and oxygen atoms in total. The van der Waals surface area contributed by atoms with E-state index in [9.17, 15) is 4.79 Å². The summed E-state index contributed by atoms with van der Waals surface area (Å²) in [6.07, 6.45) is 3.27. The largest absolute Gasteiger partial charge is 0.366 e. The normalized spacial score (nSPS) is 16.2. The summed E-state index contributed by atoms with van der Waals surface area (Å²) in [7, 11) is 0. The highest BCUT2D eigenvalue weighted by Gasteiger charge is 2.12. The van der Waals surface area contributed by atoms with E-state index in [1.165, 1.54) is 5.56 Å². The minimum atomic E-state index is -0.421. The second-order valence-electron chi connectivity index (χ2n) is 3.22. The number of urea groups is 1. The fraction of sp³-hybridized carbons (Fsp3) is 0.182. The summed E-state index contributed by atoms with van der Waals surface area (Å²) in [5.74, 6) is 0.0360. The van der Waals surface area contributed by atoms with Gasteiger partial charge in [0.25, 0.3) is 0 Å². The first kappa shape index (κ1) is 8.81. The molecule has 0 saturated heterocycles. The number of benzene rings is 1. The van der Waals surface area contributed by atoms with Crippen LogP contribution >= 0.6 is 0 Å². The van der Waals surface area contributed by atoms with Crippen LogP contribution in [0.25, 0.3) is 0 Å². The van der Waals surface area contributed by atoms with Crippen LogP contribution in [-0.4, -0.2) is 18.5 Å². The smallest absolute Gasteiger partial charge is 0.244 e. The molecule has 0 unspecified atom stereocenters. The highest BCUT2D eigenvalue weighted by atomic mass is 16.2. The van der Waals surface area contributed by atoms with E-state index in [4.69, 9.17) is 0 Å². The molecule has 70 valence electrons. The standard InChI is InChI=1S/C11H10N2O/c1-8-4-2-3-5-10(8)9-6-12-11(14)13-7-9/h2-7,9H,1H3. The zero-order chi connectivity index (χ0) is 9.97. The van der Waals surface area contributed by atoms with E-state index >= 15 is 0 Å². The Kier molecular flexibility index (Phi) is 2.23. The third kappa shape index (κ3) is 1.62. The Morgan fingerprint density at radius 2 is 1.79 bits per heavy atom. The van der Waals surface area contributed by atoms with Crippen molar-refractivity contribution in [2.75, 3.05) is 0 Å². The molecule has 1 aromatic rings. The Labute approximate surface area is 82.2 Å². The van der Waals surface area contributed by atoms with Crippen molar-refractivity contribution in [1.82, 2.24) is 0 Å². The summed E-state index contributed by atoms with van der Waals surface area (Å²) in [4.78, 5) is 18.1. The van der Waals surface area contributed by atoms with Crippen LogP contribution in [-0.2, 0) is 0 Å². The first-order valence-electron chi connectivity index (χ1n) is 4.45. The molecule has 3 heteroatoms. The first-order chi connectivity index (χ1) is 6.77. The maximum atomic E-state index is 10.7. The Morgan fingerprint density at radius 1 is 1.14 bits per heavy atom. The number of hydrogen-bond donors (Lipinski definition) is 0. The lowest BCUT2D eigenvalue weighted by atomic mass is 9.96. The van der Waals surface area contributed by atoms with Crippen LogP contribution in [0.5, 0.6) is 0 Å². The highest BCUT2D eigenvalue weighted by molar-refractivity contribution is 6.04. The van der Waals surface area contributed by atoms with Gasteiger partial charge in [0, 0.05) is 12.4 Å². The molecule has 0 aromatic heterocycles. The zero-order valence-electron chi connectivity index (χ0n) is 7.84. The van der Waals surface area contributed by atoms with Crippen molar-refractivity contribution in [2.24, 2.45) is 9.98 Å². The van der Waals surface area contributed by atoms with Gasteiger partial charge in [-0.05, 0) is 18.1 Å². The van der Waals surface area contributed by atoms with Gasteiger partial charge in [-0.3, -0.25) is 0 Å². The molecule has 1 aliphatic rings. The number of carbonyl (C=O) groups is 1. The molecule has 2 amide bonds. The fourth-order valence-corrected chi connectivity index (χ4v) is 1.48. The number of aryl methyl sites for hydroxylation is 1. The minimum Gasteiger partial charge on any atom is -0.244 e. The van der Waals surface area contributed by atoms with Crippen molar-refractivity contribution < 1.29 is 4.79 Å². The monoisotopic (exact) mass is 186 g/mol. The first-order valence-corrected chi connectivity index (χ1v) is 4.45. The quantitative estimate of drug-likeness (QED) is 0.663. The van der Waals surface area contributed by atoms with Crippen LogP contribution < -0.4 is 0 Å². The number of amides is 2. The average Bonchev–Trinajstić information content (AvgIpc) is 2.20. The maximum Gasteiger partial charge on any atom is 0.366 e. The van der Waals surface area contributed by atoms with E-state index in [0.29, 0.717) is 0 Å². The molecule has 0 atom stereocenters. The van der Waals surface area contributed by atoms with Crippen LogP contribution in [0.1, 0.15) is 17.0 Å².